The van der Waals surface area contributed by atoms with E-state index in [0.717, 1.165) is 9.48 Å². The highest BCUT2D eigenvalue weighted by Gasteiger charge is 2.27. The van der Waals surface area contributed by atoms with Crippen LogP contribution in [0.3, 0.4) is 0 Å². The number of carbonyl (C=O) groups is 1. The van der Waals surface area contributed by atoms with Crippen LogP contribution in [0.2, 0.25) is 0 Å². The van der Waals surface area contributed by atoms with Gasteiger partial charge in [0, 0.05) is 11.5 Å². The Kier molecular flexibility index (Phi) is 3.90. The Bertz CT molecular complexity index is 620. The van der Waals surface area contributed by atoms with Crippen LogP contribution in [0.5, 0.6) is 0 Å². The maximum Gasteiger partial charge on any atom is 0.356 e. The number of furan rings is 1. The van der Waals surface area contributed by atoms with Crippen molar-refractivity contribution in [2.75, 3.05) is 0 Å². The van der Waals surface area contributed by atoms with E-state index in [1.165, 1.54) is 11.3 Å². The summed E-state index contributed by atoms with van der Waals surface area (Å²) in [7, 11) is 0. The fraction of sp³-hybridized carbons (Fsp3) is 0.333. The van der Waals surface area contributed by atoms with E-state index in [2.05, 4.69) is 36.8 Å². The van der Waals surface area contributed by atoms with Crippen molar-refractivity contribution in [2.45, 2.75) is 26.2 Å². The number of aromatic nitrogens is 1. The second kappa shape index (κ2) is 5.03. The summed E-state index contributed by atoms with van der Waals surface area (Å²) in [6, 6.07) is 1.73. The van der Waals surface area contributed by atoms with Crippen molar-refractivity contribution in [1.82, 2.24) is 4.98 Å². The average molecular weight is 409 g/mol. The molecule has 0 aliphatic heterocycles. The molecule has 0 unspecified atom stereocenters. The SMILES string of the molecule is CC(C)(C)c1nc(C(=O)O)c(-c2cc(Br)c(Br)o2)s1. The van der Waals surface area contributed by atoms with Crippen molar-refractivity contribution < 1.29 is 14.3 Å². The molecule has 1 N–H and O–H groups in total. The Morgan fingerprint density at radius 3 is 2.47 bits per heavy atom. The monoisotopic (exact) mass is 407 g/mol. The number of carboxylic acids is 1. The van der Waals surface area contributed by atoms with Crippen LogP contribution in [0.4, 0.5) is 0 Å². The molecule has 102 valence electrons. The summed E-state index contributed by atoms with van der Waals surface area (Å²) in [5.41, 5.74) is -0.169. The number of nitrogens with zero attached hydrogens (tertiary/aromatic N) is 1. The van der Waals surface area contributed by atoms with Gasteiger partial charge in [-0.2, -0.15) is 0 Å². The largest absolute Gasteiger partial charge is 0.476 e. The van der Waals surface area contributed by atoms with Crippen LogP contribution in [0.15, 0.2) is 19.6 Å². The first-order valence-electron chi connectivity index (χ1n) is 5.40. The van der Waals surface area contributed by atoms with Crippen molar-refractivity contribution in [3.63, 3.8) is 0 Å². The topological polar surface area (TPSA) is 63.3 Å². The van der Waals surface area contributed by atoms with E-state index in [1.54, 1.807) is 6.07 Å². The minimum atomic E-state index is -1.05. The van der Waals surface area contributed by atoms with E-state index in [1.807, 2.05) is 20.8 Å². The number of hydrogen-bond acceptors (Lipinski definition) is 4. The Morgan fingerprint density at radius 2 is 2.05 bits per heavy atom. The van der Waals surface area contributed by atoms with Gasteiger partial charge in [-0.1, -0.05) is 20.8 Å². The molecule has 0 aliphatic carbocycles. The summed E-state index contributed by atoms with van der Waals surface area (Å²) >= 11 is 7.90. The highest BCUT2D eigenvalue weighted by atomic mass is 79.9. The molecule has 0 aromatic carbocycles. The van der Waals surface area contributed by atoms with E-state index in [0.29, 0.717) is 15.3 Å². The van der Waals surface area contributed by atoms with Crippen LogP contribution in [-0.4, -0.2) is 16.1 Å². The van der Waals surface area contributed by atoms with Gasteiger partial charge in [0.1, 0.15) is 10.6 Å². The fourth-order valence-corrected chi connectivity index (χ4v) is 3.06. The Balaban J connectivity index is 2.61. The molecule has 0 saturated heterocycles. The molecule has 2 aromatic rings. The van der Waals surface area contributed by atoms with Crippen LogP contribution >= 0.6 is 43.2 Å². The van der Waals surface area contributed by atoms with Crippen LogP contribution in [0.25, 0.3) is 10.6 Å². The lowest BCUT2D eigenvalue weighted by Crippen LogP contribution is -2.11. The Morgan fingerprint density at radius 1 is 1.42 bits per heavy atom. The summed E-state index contributed by atoms with van der Waals surface area (Å²) < 4.78 is 6.77. The molecule has 7 heteroatoms. The quantitative estimate of drug-likeness (QED) is 0.765. The first kappa shape index (κ1) is 14.7. The summed E-state index contributed by atoms with van der Waals surface area (Å²) in [5.74, 6) is -0.561. The number of thiazole rings is 1. The summed E-state index contributed by atoms with van der Waals surface area (Å²) in [4.78, 5) is 16.1. The number of hydrogen-bond donors (Lipinski definition) is 1. The highest BCUT2D eigenvalue weighted by molar-refractivity contribution is 9.13. The van der Waals surface area contributed by atoms with Gasteiger partial charge in [0.15, 0.2) is 10.4 Å². The molecule has 0 atom stereocenters. The van der Waals surface area contributed by atoms with Gasteiger partial charge in [-0.25, -0.2) is 9.78 Å². The van der Waals surface area contributed by atoms with Crippen molar-refractivity contribution in [1.29, 1.82) is 0 Å². The first-order chi connectivity index (χ1) is 8.70. The Hall–Kier alpha value is -0.660. The molecule has 2 aromatic heterocycles. The molecular formula is C12H11Br2NO3S. The summed E-state index contributed by atoms with van der Waals surface area (Å²) in [6.07, 6.45) is 0. The maximum atomic E-state index is 11.3. The van der Waals surface area contributed by atoms with E-state index in [-0.39, 0.29) is 11.1 Å². The standard InChI is InChI=1S/C12H11Br2NO3S/c1-12(2,3)11-15-7(10(16)17)8(19-11)6-4-5(13)9(14)18-6/h4H,1-3H3,(H,16,17). The van der Waals surface area contributed by atoms with Gasteiger partial charge in [-0.15, -0.1) is 11.3 Å². The zero-order valence-electron chi connectivity index (χ0n) is 10.5. The molecule has 4 nitrogen and oxygen atoms in total. The molecular weight excluding hydrogens is 398 g/mol. The van der Waals surface area contributed by atoms with Crippen LogP contribution < -0.4 is 0 Å². The van der Waals surface area contributed by atoms with Gasteiger partial charge >= 0.3 is 5.97 Å². The van der Waals surface area contributed by atoms with Crippen LogP contribution in [0.1, 0.15) is 36.3 Å². The van der Waals surface area contributed by atoms with Crippen LogP contribution in [0, 0.1) is 0 Å². The predicted octanol–water partition coefficient (Wildman–Crippen LogP) is 4.92. The minimum Gasteiger partial charge on any atom is -0.476 e. The predicted molar refractivity (Wildman–Crippen MR) is 80.9 cm³/mol. The van der Waals surface area contributed by atoms with E-state index >= 15 is 0 Å². The van der Waals surface area contributed by atoms with Gasteiger partial charge in [0.25, 0.3) is 0 Å². The lowest BCUT2D eigenvalue weighted by atomic mass is 9.98. The van der Waals surface area contributed by atoms with Gasteiger partial charge < -0.3 is 9.52 Å². The van der Waals surface area contributed by atoms with E-state index in [9.17, 15) is 9.90 Å². The summed E-state index contributed by atoms with van der Waals surface area (Å²) in [5, 5.41) is 10.0. The number of carboxylic acid groups (broad SMARTS) is 1. The van der Waals surface area contributed by atoms with Crippen molar-refractivity contribution in [2.24, 2.45) is 0 Å². The van der Waals surface area contributed by atoms with Crippen molar-refractivity contribution in [3.05, 3.63) is 25.9 Å². The highest BCUT2D eigenvalue weighted by Crippen LogP contribution is 2.40. The molecule has 2 rings (SSSR count). The zero-order chi connectivity index (χ0) is 14.4. The fourth-order valence-electron chi connectivity index (χ4n) is 1.41. The lowest BCUT2D eigenvalue weighted by molar-refractivity contribution is 0.0691. The molecule has 2 heterocycles. The zero-order valence-corrected chi connectivity index (χ0v) is 14.4. The van der Waals surface area contributed by atoms with Gasteiger partial charge in [-0.05, 0) is 31.9 Å². The Labute approximate surface area is 131 Å². The van der Waals surface area contributed by atoms with Gasteiger partial charge in [0.2, 0.25) is 0 Å². The normalized spacial score (nSPS) is 11.8. The van der Waals surface area contributed by atoms with Gasteiger partial charge in [0.05, 0.1) is 9.48 Å². The number of aromatic carboxylic acids is 1. The third kappa shape index (κ3) is 2.93. The van der Waals surface area contributed by atoms with E-state index in [4.69, 9.17) is 4.42 Å². The molecule has 0 fully saturated rings. The molecule has 19 heavy (non-hydrogen) atoms. The van der Waals surface area contributed by atoms with Gasteiger partial charge in [-0.3, -0.25) is 0 Å². The van der Waals surface area contributed by atoms with E-state index < -0.39 is 5.97 Å². The third-order valence-corrected chi connectivity index (χ3v) is 5.55. The smallest absolute Gasteiger partial charge is 0.356 e. The maximum absolute atomic E-state index is 11.3. The molecule has 0 spiro atoms. The van der Waals surface area contributed by atoms with Crippen molar-refractivity contribution >= 4 is 49.2 Å². The average Bonchev–Trinajstić information content (AvgIpc) is 2.82. The third-order valence-electron chi connectivity index (χ3n) is 2.34. The minimum absolute atomic E-state index is 0.0312. The second-order valence-electron chi connectivity index (χ2n) is 4.98. The molecule has 0 radical (unpaired) electrons. The first-order valence-corrected chi connectivity index (χ1v) is 7.80. The number of rotatable bonds is 2. The lowest BCUT2D eigenvalue weighted by Gasteiger charge is -2.13. The molecule has 0 saturated carbocycles. The van der Waals surface area contributed by atoms with Crippen LogP contribution in [-0.2, 0) is 5.41 Å². The molecule has 0 aliphatic rings. The second-order valence-corrected chi connectivity index (χ2v) is 7.56. The summed E-state index contributed by atoms with van der Waals surface area (Å²) in [6.45, 7) is 5.99. The van der Waals surface area contributed by atoms with Crippen molar-refractivity contribution in [3.8, 4) is 10.6 Å². The molecule has 0 amide bonds. The number of halogens is 2. The molecule has 0 bridgehead atoms.